The van der Waals surface area contributed by atoms with Crippen LogP contribution in [0.25, 0.3) is 0 Å². The molecule has 0 aromatic heterocycles. The summed E-state index contributed by atoms with van der Waals surface area (Å²) in [5, 5.41) is 2.21. The van der Waals surface area contributed by atoms with Gasteiger partial charge in [-0.1, -0.05) is 73.5 Å². The van der Waals surface area contributed by atoms with Crippen LogP contribution in [-0.2, 0) is 5.54 Å². The number of amidine groups is 1. The van der Waals surface area contributed by atoms with E-state index in [0.29, 0.717) is 0 Å². The van der Waals surface area contributed by atoms with E-state index >= 15 is 0 Å². The average Bonchev–Trinajstić information content (AvgIpc) is 3.26. The summed E-state index contributed by atoms with van der Waals surface area (Å²) in [6.45, 7) is 0. The number of unbranched alkanes of at least 4 members (excludes halogenated alkanes) is 2. The van der Waals surface area contributed by atoms with Crippen LogP contribution in [0, 0.1) is 0 Å². The Morgan fingerprint density at radius 3 is 2.42 bits per heavy atom. The van der Waals surface area contributed by atoms with Crippen molar-refractivity contribution in [3.63, 3.8) is 0 Å². The van der Waals surface area contributed by atoms with Gasteiger partial charge in [-0.3, -0.25) is 10.0 Å². The van der Waals surface area contributed by atoms with Crippen molar-refractivity contribution in [1.82, 2.24) is 10.4 Å². The topological polar surface area (TPSA) is 27.6 Å². The van der Waals surface area contributed by atoms with Gasteiger partial charge in [0.1, 0.15) is 17.4 Å². The monoisotopic (exact) mass is 365 g/mol. The second kappa shape index (κ2) is 7.55. The molecule has 2 aromatic rings. The third-order valence-corrected chi connectivity index (χ3v) is 5.57. The maximum absolute atomic E-state index is 5.90. The molecule has 2 heterocycles. The molecule has 2 atom stereocenters. The van der Waals surface area contributed by atoms with E-state index in [1.165, 1.54) is 11.1 Å². The first-order valence-electron chi connectivity index (χ1n) is 9.33. The maximum atomic E-state index is 5.90. The number of halogens is 1. The highest BCUT2D eigenvalue weighted by Gasteiger charge is 2.50. The lowest BCUT2D eigenvalue weighted by atomic mass is 9.77. The maximum Gasteiger partial charge on any atom is 0.145 e. The minimum Gasteiger partial charge on any atom is -0.304 e. The predicted molar refractivity (Wildman–Crippen MR) is 108 cm³/mol. The van der Waals surface area contributed by atoms with Gasteiger partial charge in [-0.05, 0) is 30.0 Å². The van der Waals surface area contributed by atoms with Crippen LogP contribution in [0.1, 0.15) is 42.9 Å². The highest BCUT2D eigenvalue weighted by molar-refractivity contribution is 6.17. The molecular formula is C22H24ClN3. The van der Waals surface area contributed by atoms with Gasteiger partial charge in [0.05, 0.1) is 0 Å². The van der Waals surface area contributed by atoms with Crippen LogP contribution in [0.15, 0.2) is 77.9 Å². The van der Waals surface area contributed by atoms with Crippen molar-refractivity contribution in [1.29, 1.82) is 0 Å². The molecule has 3 nitrogen and oxygen atoms in total. The summed E-state index contributed by atoms with van der Waals surface area (Å²) in [6.07, 6.45) is 8.34. The zero-order valence-electron chi connectivity index (χ0n) is 14.8. The van der Waals surface area contributed by atoms with Crippen LogP contribution in [0.4, 0.5) is 0 Å². The largest absolute Gasteiger partial charge is 0.304 e. The second-order valence-electron chi connectivity index (χ2n) is 6.91. The Bertz CT molecular complexity index is 788. The smallest absolute Gasteiger partial charge is 0.145 e. The number of alkyl halides is 1. The molecule has 4 rings (SSSR count). The first-order valence-corrected chi connectivity index (χ1v) is 9.87. The van der Waals surface area contributed by atoms with Gasteiger partial charge in [-0.25, -0.2) is 0 Å². The highest BCUT2D eigenvalue weighted by atomic mass is 35.5. The molecule has 134 valence electrons. The number of rotatable bonds is 7. The fourth-order valence-corrected chi connectivity index (χ4v) is 4.32. The van der Waals surface area contributed by atoms with E-state index in [1.54, 1.807) is 0 Å². The molecule has 0 aliphatic carbocycles. The Morgan fingerprint density at radius 1 is 0.962 bits per heavy atom. The normalized spacial score (nSPS) is 23.7. The van der Waals surface area contributed by atoms with Gasteiger partial charge in [-0.15, -0.1) is 11.6 Å². The number of hydrazine groups is 1. The highest BCUT2D eigenvalue weighted by Crippen LogP contribution is 2.50. The number of fused-ring (bicyclic) bond motifs is 1. The van der Waals surface area contributed by atoms with Crippen molar-refractivity contribution in [3.8, 4) is 0 Å². The minimum absolute atomic E-state index is 0.132. The van der Waals surface area contributed by atoms with Crippen LogP contribution in [0.5, 0.6) is 0 Å². The molecule has 0 bridgehead atoms. The van der Waals surface area contributed by atoms with E-state index in [1.807, 2.05) is 6.20 Å². The standard InChI is InChI=1S/C22H24ClN3/c23-16-9-3-8-15-22(19-12-6-2-7-13-19)21(18-10-4-1-5-11-18)26-20(25-22)14-17-24-26/h1-2,4-7,10-14,17,21,24H,3,8-9,15-16H2. The number of aliphatic imine (C=N–C) groups is 1. The van der Waals surface area contributed by atoms with Crippen molar-refractivity contribution in [2.75, 3.05) is 5.88 Å². The Balaban J connectivity index is 1.78. The third-order valence-electron chi connectivity index (χ3n) is 5.30. The van der Waals surface area contributed by atoms with E-state index in [9.17, 15) is 0 Å². The Kier molecular flexibility index (Phi) is 4.98. The fraction of sp³-hybridized carbons (Fsp3) is 0.318. The first kappa shape index (κ1) is 17.2. The Hall–Kier alpha value is -2.26. The SMILES string of the molecule is ClCCCCCC1(c2ccccc2)N=C2C=CNN2C1c1ccccc1. The van der Waals surface area contributed by atoms with E-state index in [0.717, 1.165) is 37.4 Å². The number of nitrogens with zero attached hydrogens (tertiary/aromatic N) is 2. The first-order chi connectivity index (χ1) is 12.8. The van der Waals surface area contributed by atoms with Crippen LogP contribution in [-0.4, -0.2) is 16.7 Å². The van der Waals surface area contributed by atoms with Gasteiger partial charge in [0, 0.05) is 12.1 Å². The molecule has 0 radical (unpaired) electrons. The Morgan fingerprint density at radius 2 is 1.69 bits per heavy atom. The van der Waals surface area contributed by atoms with Crippen molar-refractivity contribution in [3.05, 3.63) is 84.1 Å². The summed E-state index contributed by atoms with van der Waals surface area (Å²) in [6, 6.07) is 21.6. The van der Waals surface area contributed by atoms with E-state index < -0.39 is 0 Å². The average molecular weight is 366 g/mol. The summed E-state index contributed by atoms with van der Waals surface area (Å²) in [4.78, 5) is 5.27. The van der Waals surface area contributed by atoms with Crippen molar-refractivity contribution < 1.29 is 0 Å². The summed E-state index contributed by atoms with van der Waals surface area (Å²) in [7, 11) is 0. The molecule has 2 aromatic carbocycles. The van der Waals surface area contributed by atoms with Gasteiger partial charge >= 0.3 is 0 Å². The summed E-state index contributed by atoms with van der Waals surface area (Å²) in [5.41, 5.74) is 5.66. The second-order valence-corrected chi connectivity index (χ2v) is 7.28. The van der Waals surface area contributed by atoms with Gasteiger partial charge in [0.15, 0.2) is 0 Å². The molecule has 2 aliphatic rings. The molecule has 26 heavy (non-hydrogen) atoms. The van der Waals surface area contributed by atoms with Gasteiger partial charge in [0.2, 0.25) is 0 Å². The third kappa shape index (κ3) is 3.01. The molecule has 0 spiro atoms. The zero-order valence-corrected chi connectivity index (χ0v) is 15.6. The predicted octanol–water partition coefficient (Wildman–Crippen LogP) is 5.17. The van der Waals surface area contributed by atoms with Crippen molar-refractivity contribution >= 4 is 17.4 Å². The number of hydrogen-bond acceptors (Lipinski definition) is 3. The number of hydrogen-bond donors (Lipinski definition) is 1. The van der Waals surface area contributed by atoms with Gasteiger partial charge in [0.25, 0.3) is 0 Å². The summed E-state index contributed by atoms with van der Waals surface area (Å²) < 4.78 is 0. The van der Waals surface area contributed by atoms with Crippen molar-refractivity contribution in [2.24, 2.45) is 4.99 Å². The zero-order chi connectivity index (χ0) is 17.8. The van der Waals surface area contributed by atoms with Gasteiger partial charge in [-0.2, -0.15) is 0 Å². The van der Waals surface area contributed by atoms with Crippen molar-refractivity contribution in [2.45, 2.75) is 37.3 Å². The van der Waals surface area contributed by atoms with E-state index in [4.69, 9.17) is 16.6 Å². The van der Waals surface area contributed by atoms with Crippen LogP contribution in [0.2, 0.25) is 0 Å². The lowest BCUT2D eigenvalue weighted by molar-refractivity contribution is 0.190. The molecule has 0 saturated heterocycles. The Labute approximate surface area is 160 Å². The fourth-order valence-electron chi connectivity index (χ4n) is 4.13. The van der Waals surface area contributed by atoms with Crippen LogP contribution in [0.3, 0.4) is 0 Å². The molecule has 0 saturated carbocycles. The summed E-state index contributed by atoms with van der Waals surface area (Å²) in [5.74, 6) is 1.74. The van der Waals surface area contributed by atoms with Gasteiger partial charge < -0.3 is 5.43 Å². The van der Waals surface area contributed by atoms with Crippen LogP contribution < -0.4 is 5.43 Å². The molecule has 0 amide bonds. The molecule has 2 aliphatic heterocycles. The number of nitrogens with one attached hydrogen (secondary N) is 1. The van der Waals surface area contributed by atoms with Crippen LogP contribution >= 0.6 is 11.6 Å². The molecular weight excluding hydrogens is 342 g/mol. The number of benzene rings is 2. The van der Waals surface area contributed by atoms with E-state index in [2.05, 4.69) is 77.2 Å². The molecule has 4 heteroatoms. The quantitative estimate of drug-likeness (QED) is 0.541. The lowest BCUT2D eigenvalue weighted by Gasteiger charge is -2.37. The van der Waals surface area contributed by atoms with E-state index in [-0.39, 0.29) is 11.6 Å². The minimum atomic E-state index is -0.290. The molecule has 2 unspecified atom stereocenters. The molecule has 0 fully saturated rings. The molecule has 1 N–H and O–H groups in total. The summed E-state index contributed by atoms with van der Waals surface area (Å²) >= 11 is 5.90. The lowest BCUT2D eigenvalue weighted by Crippen LogP contribution is -2.41.